The van der Waals surface area contributed by atoms with E-state index in [9.17, 15) is 4.79 Å². The van der Waals surface area contributed by atoms with Crippen molar-refractivity contribution in [2.75, 3.05) is 51.3 Å². The van der Waals surface area contributed by atoms with Crippen molar-refractivity contribution in [3.63, 3.8) is 0 Å². The minimum Gasteiger partial charge on any atom is -0.485 e. The van der Waals surface area contributed by atoms with E-state index in [1.54, 1.807) is 4.90 Å². The smallest absolute Gasteiger partial charge is 0.317 e. The van der Waals surface area contributed by atoms with Gasteiger partial charge in [0.1, 0.15) is 11.9 Å². The molecule has 0 radical (unpaired) electrons. The van der Waals surface area contributed by atoms with Crippen molar-refractivity contribution < 1.29 is 14.3 Å². The molecule has 2 amide bonds. The average Bonchev–Trinajstić information content (AvgIpc) is 3.12. The highest BCUT2D eigenvalue weighted by atomic mass is 16.5. The van der Waals surface area contributed by atoms with Crippen LogP contribution in [0.25, 0.3) is 0 Å². The van der Waals surface area contributed by atoms with Crippen LogP contribution in [0, 0.1) is 5.92 Å². The Kier molecular flexibility index (Phi) is 5.45. The van der Waals surface area contributed by atoms with Crippen LogP contribution in [0.15, 0.2) is 24.3 Å². The first-order chi connectivity index (χ1) is 11.7. The molecule has 1 aromatic carbocycles. The molecule has 1 saturated heterocycles. The number of hydrogen-bond acceptors (Lipinski definition) is 4. The first kappa shape index (κ1) is 16.9. The lowest BCUT2D eigenvalue weighted by Gasteiger charge is -2.37. The molecule has 1 aromatic rings. The molecular weight excluding hydrogens is 306 g/mol. The number of urea groups is 1. The summed E-state index contributed by atoms with van der Waals surface area (Å²) in [6.07, 6.45) is 1.00. The zero-order valence-corrected chi connectivity index (χ0v) is 14.5. The maximum absolute atomic E-state index is 12.3. The van der Waals surface area contributed by atoms with Gasteiger partial charge in [0, 0.05) is 32.7 Å². The topological polar surface area (TPSA) is 54.0 Å². The summed E-state index contributed by atoms with van der Waals surface area (Å²) in [5.74, 6) is 1.34. The second-order valence-electron chi connectivity index (χ2n) is 6.54. The van der Waals surface area contributed by atoms with Crippen molar-refractivity contribution in [1.82, 2.24) is 10.2 Å². The van der Waals surface area contributed by atoms with Crippen molar-refractivity contribution in [1.29, 1.82) is 0 Å². The largest absolute Gasteiger partial charge is 0.485 e. The molecule has 6 heteroatoms. The van der Waals surface area contributed by atoms with Gasteiger partial charge in [0.15, 0.2) is 0 Å². The highest BCUT2D eigenvalue weighted by Gasteiger charge is 2.27. The second kappa shape index (κ2) is 7.75. The second-order valence-corrected chi connectivity index (χ2v) is 6.54. The third-order valence-electron chi connectivity index (χ3n) is 4.70. The Morgan fingerprint density at radius 3 is 3.00 bits per heavy atom. The molecule has 1 N–H and O–H groups in total. The summed E-state index contributed by atoms with van der Waals surface area (Å²) in [5, 5.41) is 3.00. The van der Waals surface area contributed by atoms with Crippen molar-refractivity contribution in [3.8, 4) is 5.75 Å². The van der Waals surface area contributed by atoms with Gasteiger partial charge in [-0.2, -0.15) is 0 Å². The fraction of sp³-hybridized carbons (Fsp3) is 0.611. The van der Waals surface area contributed by atoms with E-state index in [0.29, 0.717) is 19.0 Å². The molecule has 1 fully saturated rings. The van der Waals surface area contributed by atoms with Crippen molar-refractivity contribution in [2.24, 2.45) is 5.92 Å². The van der Waals surface area contributed by atoms with Gasteiger partial charge in [0.2, 0.25) is 0 Å². The van der Waals surface area contributed by atoms with Gasteiger partial charge in [0.05, 0.1) is 25.4 Å². The van der Waals surface area contributed by atoms with E-state index in [1.807, 2.05) is 25.2 Å². The van der Waals surface area contributed by atoms with Crippen LogP contribution >= 0.6 is 0 Å². The normalized spacial score (nSPS) is 22.7. The number of carbonyl (C=O) groups is 1. The number of nitrogens with one attached hydrogen (secondary N) is 1. The molecule has 0 unspecified atom stereocenters. The maximum Gasteiger partial charge on any atom is 0.317 e. The first-order valence-corrected chi connectivity index (χ1v) is 8.74. The van der Waals surface area contributed by atoms with Crippen LogP contribution in [-0.2, 0) is 4.74 Å². The highest BCUT2D eigenvalue weighted by Crippen LogP contribution is 2.32. The molecule has 0 aromatic heterocycles. The first-order valence-electron chi connectivity index (χ1n) is 8.74. The number of para-hydroxylation sites is 2. The lowest BCUT2D eigenvalue weighted by molar-refractivity contribution is 0.144. The molecule has 3 rings (SSSR count). The van der Waals surface area contributed by atoms with Crippen molar-refractivity contribution >= 4 is 11.7 Å². The van der Waals surface area contributed by atoms with Crippen LogP contribution in [0.1, 0.15) is 13.3 Å². The Balaban J connectivity index is 1.52. The number of anilines is 1. The third-order valence-corrected chi connectivity index (χ3v) is 4.70. The summed E-state index contributed by atoms with van der Waals surface area (Å²) in [5.41, 5.74) is 1.13. The minimum absolute atomic E-state index is 0.0228. The van der Waals surface area contributed by atoms with Crippen LogP contribution < -0.4 is 15.0 Å². The zero-order chi connectivity index (χ0) is 16.9. The summed E-state index contributed by atoms with van der Waals surface area (Å²) < 4.78 is 11.4. The van der Waals surface area contributed by atoms with Gasteiger partial charge in [-0.3, -0.25) is 0 Å². The molecule has 0 saturated carbocycles. The molecule has 24 heavy (non-hydrogen) atoms. The Bertz CT molecular complexity index is 560. The molecule has 2 heterocycles. The van der Waals surface area contributed by atoms with Crippen LogP contribution in [0.2, 0.25) is 0 Å². The number of ether oxygens (including phenoxy) is 2. The maximum atomic E-state index is 12.3. The number of fused-ring (bicyclic) bond motifs is 1. The summed E-state index contributed by atoms with van der Waals surface area (Å²) >= 11 is 0. The zero-order valence-electron chi connectivity index (χ0n) is 14.5. The minimum atomic E-state index is -0.0487. The van der Waals surface area contributed by atoms with E-state index in [2.05, 4.69) is 23.2 Å². The summed E-state index contributed by atoms with van der Waals surface area (Å²) in [6, 6.07) is 8.03. The Labute approximate surface area is 143 Å². The van der Waals surface area contributed by atoms with Gasteiger partial charge in [-0.1, -0.05) is 12.1 Å². The molecule has 0 spiro atoms. The van der Waals surface area contributed by atoms with Crippen LogP contribution in [0.4, 0.5) is 10.5 Å². The van der Waals surface area contributed by atoms with Crippen LogP contribution in [0.5, 0.6) is 5.75 Å². The quantitative estimate of drug-likeness (QED) is 0.895. The van der Waals surface area contributed by atoms with E-state index in [4.69, 9.17) is 9.47 Å². The molecule has 6 nitrogen and oxygen atoms in total. The number of likely N-dealkylation sites (N-methyl/N-ethyl adjacent to an activating group) is 2. The number of benzene rings is 1. The van der Waals surface area contributed by atoms with Crippen LogP contribution in [0.3, 0.4) is 0 Å². The predicted molar refractivity (Wildman–Crippen MR) is 93.7 cm³/mol. The highest BCUT2D eigenvalue weighted by molar-refractivity contribution is 5.74. The monoisotopic (exact) mass is 333 g/mol. The molecular formula is C18H27N3O3. The van der Waals surface area contributed by atoms with E-state index >= 15 is 0 Å². The Hall–Kier alpha value is -1.95. The van der Waals surface area contributed by atoms with Crippen molar-refractivity contribution in [3.05, 3.63) is 24.3 Å². The third kappa shape index (κ3) is 3.93. The summed E-state index contributed by atoms with van der Waals surface area (Å²) in [6.45, 7) is 6.66. The van der Waals surface area contributed by atoms with Crippen LogP contribution in [-0.4, -0.2) is 63.5 Å². The fourth-order valence-electron chi connectivity index (χ4n) is 3.27. The number of rotatable bonds is 5. The molecule has 0 aliphatic carbocycles. The number of carbonyl (C=O) groups excluding carboxylic acids is 1. The molecule has 132 valence electrons. The molecule has 2 aliphatic heterocycles. The standard InChI is InChI=1S/C18H27N3O3/c1-3-21-12-15(24-17-7-5-4-6-16(17)21)11-20(2)18(22)19-10-14-8-9-23-13-14/h4-7,14-15H,3,8-13H2,1-2H3,(H,19,22)/t14-,15-/m0/s1. The van der Waals surface area contributed by atoms with Gasteiger partial charge in [0.25, 0.3) is 0 Å². The van der Waals surface area contributed by atoms with Gasteiger partial charge in [-0.15, -0.1) is 0 Å². The van der Waals surface area contributed by atoms with Crippen molar-refractivity contribution in [2.45, 2.75) is 19.4 Å². The molecule has 0 bridgehead atoms. The van der Waals surface area contributed by atoms with Gasteiger partial charge in [-0.05, 0) is 25.5 Å². The predicted octanol–water partition coefficient (Wildman–Crippen LogP) is 1.95. The van der Waals surface area contributed by atoms with E-state index in [1.165, 1.54) is 0 Å². The lowest BCUT2D eigenvalue weighted by Crippen LogP contribution is -2.49. The Morgan fingerprint density at radius 1 is 1.42 bits per heavy atom. The SMILES string of the molecule is CCN1C[C@H](CN(C)C(=O)NC[C@@H]2CCOC2)Oc2ccccc21. The van der Waals surface area contributed by atoms with Gasteiger partial charge < -0.3 is 24.6 Å². The Morgan fingerprint density at radius 2 is 2.25 bits per heavy atom. The van der Waals surface area contributed by atoms with E-state index in [-0.39, 0.29) is 12.1 Å². The van der Waals surface area contributed by atoms with E-state index in [0.717, 1.165) is 44.2 Å². The average molecular weight is 333 g/mol. The summed E-state index contributed by atoms with van der Waals surface area (Å²) in [4.78, 5) is 16.3. The summed E-state index contributed by atoms with van der Waals surface area (Å²) in [7, 11) is 1.82. The van der Waals surface area contributed by atoms with Gasteiger partial charge >= 0.3 is 6.03 Å². The van der Waals surface area contributed by atoms with Gasteiger partial charge in [-0.25, -0.2) is 4.79 Å². The number of nitrogens with zero attached hydrogens (tertiary/aromatic N) is 2. The molecule has 2 atom stereocenters. The lowest BCUT2D eigenvalue weighted by atomic mass is 10.1. The fourth-order valence-corrected chi connectivity index (χ4v) is 3.27. The molecule has 2 aliphatic rings. The number of amides is 2. The number of hydrogen-bond donors (Lipinski definition) is 1. The van der Waals surface area contributed by atoms with E-state index < -0.39 is 0 Å².